The van der Waals surface area contributed by atoms with E-state index in [9.17, 15) is 9.59 Å². The largest absolute Gasteiger partial charge is 0.497 e. The molecular formula is C22H23NO7. The monoisotopic (exact) mass is 413 g/mol. The Balaban J connectivity index is 1.52. The first-order valence-electron chi connectivity index (χ1n) is 9.35. The van der Waals surface area contributed by atoms with Crippen molar-refractivity contribution in [2.24, 2.45) is 0 Å². The Kier molecular flexibility index (Phi) is 7.15. The third kappa shape index (κ3) is 5.66. The number of fused-ring (bicyclic) bond motifs is 1. The van der Waals surface area contributed by atoms with Crippen molar-refractivity contribution in [3.8, 4) is 23.0 Å². The molecule has 0 fully saturated rings. The predicted molar refractivity (Wildman–Crippen MR) is 110 cm³/mol. The van der Waals surface area contributed by atoms with E-state index in [0.29, 0.717) is 41.9 Å². The number of hydrogen-bond donors (Lipinski definition) is 1. The van der Waals surface area contributed by atoms with Crippen LogP contribution in [-0.2, 0) is 14.3 Å². The molecule has 1 N–H and O–H groups in total. The van der Waals surface area contributed by atoms with Gasteiger partial charge in [-0.15, -0.1) is 0 Å². The van der Waals surface area contributed by atoms with Gasteiger partial charge in [0.15, 0.2) is 18.1 Å². The van der Waals surface area contributed by atoms with Crippen molar-refractivity contribution < 1.29 is 33.3 Å². The van der Waals surface area contributed by atoms with Gasteiger partial charge in [0.25, 0.3) is 5.91 Å². The van der Waals surface area contributed by atoms with Gasteiger partial charge >= 0.3 is 5.97 Å². The number of ether oxygens (including phenoxy) is 5. The molecule has 0 aliphatic carbocycles. The molecule has 8 nitrogen and oxygen atoms in total. The number of rotatable bonds is 7. The SMILES string of the molecule is COc1ccc(NC(=O)COC(=O)/C=C/c2ccc3c(c2)OCCCO3)c(OC)c1. The Hall–Kier alpha value is -3.68. The van der Waals surface area contributed by atoms with Crippen LogP contribution in [0.5, 0.6) is 23.0 Å². The fraction of sp³-hybridized carbons (Fsp3) is 0.273. The Morgan fingerprint density at radius 2 is 1.83 bits per heavy atom. The first-order valence-corrected chi connectivity index (χ1v) is 9.35. The molecule has 8 heteroatoms. The summed E-state index contributed by atoms with van der Waals surface area (Å²) in [5, 5.41) is 2.63. The van der Waals surface area contributed by atoms with Crippen molar-refractivity contribution in [1.29, 1.82) is 0 Å². The van der Waals surface area contributed by atoms with E-state index < -0.39 is 18.5 Å². The Bertz CT molecular complexity index is 939. The highest BCUT2D eigenvalue weighted by atomic mass is 16.5. The fourth-order valence-electron chi connectivity index (χ4n) is 2.72. The molecule has 2 aromatic carbocycles. The number of methoxy groups -OCH3 is 2. The Morgan fingerprint density at radius 1 is 1.03 bits per heavy atom. The molecule has 158 valence electrons. The second-order valence-electron chi connectivity index (χ2n) is 6.31. The van der Waals surface area contributed by atoms with E-state index in [1.165, 1.54) is 20.3 Å². The molecule has 0 atom stereocenters. The van der Waals surface area contributed by atoms with Crippen molar-refractivity contribution in [3.05, 3.63) is 48.0 Å². The van der Waals surface area contributed by atoms with Crippen LogP contribution in [0.2, 0.25) is 0 Å². The molecule has 2 aromatic rings. The summed E-state index contributed by atoms with van der Waals surface area (Å²) >= 11 is 0. The first kappa shape index (κ1) is 21.0. The van der Waals surface area contributed by atoms with Crippen LogP contribution in [0.25, 0.3) is 6.08 Å². The van der Waals surface area contributed by atoms with Gasteiger partial charge in [-0.1, -0.05) is 6.07 Å². The van der Waals surface area contributed by atoms with Gasteiger partial charge in [-0.25, -0.2) is 4.79 Å². The van der Waals surface area contributed by atoms with Crippen molar-refractivity contribution in [2.45, 2.75) is 6.42 Å². The second-order valence-corrected chi connectivity index (χ2v) is 6.31. The predicted octanol–water partition coefficient (Wildman–Crippen LogP) is 3.06. The van der Waals surface area contributed by atoms with E-state index in [1.54, 1.807) is 42.5 Å². The van der Waals surface area contributed by atoms with E-state index >= 15 is 0 Å². The zero-order chi connectivity index (χ0) is 21.3. The summed E-state index contributed by atoms with van der Waals surface area (Å²) in [7, 11) is 3.02. The van der Waals surface area contributed by atoms with Gasteiger partial charge < -0.3 is 29.0 Å². The van der Waals surface area contributed by atoms with E-state index in [1.807, 2.05) is 0 Å². The molecule has 3 rings (SSSR count). The highest BCUT2D eigenvalue weighted by Crippen LogP contribution is 2.31. The topological polar surface area (TPSA) is 92.3 Å². The summed E-state index contributed by atoms with van der Waals surface area (Å²) in [6.45, 7) is 0.759. The van der Waals surface area contributed by atoms with E-state index in [0.717, 1.165) is 12.0 Å². The number of amides is 1. The Morgan fingerprint density at radius 3 is 2.60 bits per heavy atom. The van der Waals surface area contributed by atoms with Crippen LogP contribution >= 0.6 is 0 Å². The van der Waals surface area contributed by atoms with Crippen molar-refractivity contribution in [1.82, 2.24) is 0 Å². The molecule has 0 saturated heterocycles. The summed E-state index contributed by atoms with van der Waals surface area (Å²) in [5.74, 6) is 1.21. The summed E-state index contributed by atoms with van der Waals surface area (Å²) in [6, 6.07) is 10.3. The maximum Gasteiger partial charge on any atom is 0.331 e. The van der Waals surface area contributed by atoms with Crippen LogP contribution in [0.1, 0.15) is 12.0 Å². The van der Waals surface area contributed by atoms with Gasteiger partial charge in [-0.2, -0.15) is 0 Å². The lowest BCUT2D eigenvalue weighted by molar-refractivity contribution is -0.142. The van der Waals surface area contributed by atoms with E-state index in [-0.39, 0.29) is 0 Å². The third-order valence-electron chi connectivity index (χ3n) is 4.21. The lowest BCUT2D eigenvalue weighted by Gasteiger charge is -2.11. The fourth-order valence-corrected chi connectivity index (χ4v) is 2.72. The van der Waals surface area contributed by atoms with Crippen LogP contribution in [0.4, 0.5) is 5.69 Å². The van der Waals surface area contributed by atoms with Crippen LogP contribution in [0.3, 0.4) is 0 Å². The molecule has 0 saturated carbocycles. The molecule has 1 aliphatic heterocycles. The number of hydrogen-bond acceptors (Lipinski definition) is 7. The zero-order valence-electron chi connectivity index (χ0n) is 16.8. The Labute approximate surface area is 174 Å². The molecular weight excluding hydrogens is 390 g/mol. The maximum absolute atomic E-state index is 12.1. The highest BCUT2D eigenvalue weighted by Gasteiger charge is 2.12. The van der Waals surface area contributed by atoms with Gasteiger partial charge in [-0.05, 0) is 35.9 Å². The highest BCUT2D eigenvalue weighted by molar-refractivity contribution is 5.95. The minimum absolute atomic E-state index is 0.431. The molecule has 30 heavy (non-hydrogen) atoms. The molecule has 0 aromatic heterocycles. The van der Waals surface area contributed by atoms with Crippen LogP contribution < -0.4 is 24.3 Å². The van der Waals surface area contributed by atoms with Crippen molar-refractivity contribution in [2.75, 3.05) is 39.4 Å². The number of anilines is 1. The average Bonchev–Trinajstić information content (AvgIpc) is 3.01. The number of carbonyl (C=O) groups excluding carboxylic acids is 2. The molecule has 1 aliphatic rings. The molecule has 0 unspecified atom stereocenters. The van der Waals surface area contributed by atoms with E-state index in [2.05, 4.69) is 5.32 Å². The van der Waals surface area contributed by atoms with Crippen LogP contribution in [0.15, 0.2) is 42.5 Å². The number of benzene rings is 2. The molecule has 0 radical (unpaired) electrons. The zero-order valence-corrected chi connectivity index (χ0v) is 16.8. The lowest BCUT2D eigenvalue weighted by atomic mass is 10.2. The van der Waals surface area contributed by atoms with E-state index in [4.69, 9.17) is 23.7 Å². The summed E-state index contributed by atoms with van der Waals surface area (Å²) < 4.78 is 26.5. The second kappa shape index (κ2) is 10.2. The summed E-state index contributed by atoms with van der Waals surface area (Å²) in [6.07, 6.45) is 3.65. The van der Waals surface area contributed by atoms with Crippen molar-refractivity contribution >= 4 is 23.6 Å². The molecule has 1 heterocycles. The van der Waals surface area contributed by atoms with Crippen LogP contribution in [-0.4, -0.2) is 45.9 Å². The van der Waals surface area contributed by atoms with Gasteiger partial charge in [0, 0.05) is 18.6 Å². The summed E-state index contributed by atoms with van der Waals surface area (Å²) in [5.41, 5.74) is 1.20. The minimum atomic E-state index is -0.640. The average molecular weight is 413 g/mol. The third-order valence-corrected chi connectivity index (χ3v) is 4.21. The first-order chi connectivity index (χ1) is 14.6. The van der Waals surface area contributed by atoms with Gasteiger partial charge in [0.1, 0.15) is 11.5 Å². The number of carbonyl (C=O) groups is 2. The van der Waals surface area contributed by atoms with Gasteiger partial charge in [0.2, 0.25) is 0 Å². The smallest absolute Gasteiger partial charge is 0.331 e. The van der Waals surface area contributed by atoms with Gasteiger partial charge in [0.05, 0.1) is 33.1 Å². The van der Waals surface area contributed by atoms with Gasteiger partial charge in [-0.3, -0.25) is 4.79 Å². The standard InChI is InChI=1S/C22H23NO7/c1-26-16-6-7-17(19(13-16)27-2)23-21(24)14-30-22(25)9-5-15-4-8-18-20(12-15)29-11-3-10-28-18/h4-9,12-13H,3,10-11,14H2,1-2H3,(H,23,24)/b9-5+. The molecule has 0 spiro atoms. The van der Waals surface area contributed by atoms with Crippen LogP contribution in [0, 0.1) is 0 Å². The number of nitrogens with one attached hydrogen (secondary N) is 1. The molecule has 0 bridgehead atoms. The normalized spacial score (nSPS) is 12.7. The summed E-state index contributed by atoms with van der Waals surface area (Å²) in [4.78, 5) is 24.0. The molecule has 1 amide bonds. The lowest BCUT2D eigenvalue weighted by Crippen LogP contribution is -2.20. The van der Waals surface area contributed by atoms with Crippen molar-refractivity contribution in [3.63, 3.8) is 0 Å². The minimum Gasteiger partial charge on any atom is -0.497 e. The quantitative estimate of drug-likeness (QED) is 0.551. The maximum atomic E-state index is 12.1. The number of esters is 1.